The Morgan fingerprint density at radius 3 is 2.65 bits per heavy atom. The summed E-state index contributed by atoms with van der Waals surface area (Å²) in [7, 11) is 1.56. The molecule has 0 radical (unpaired) electrons. The van der Waals surface area contributed by atoms with Crippen molar-refractivity contribution in [3.63, 3.8) is 0 Å². The highest BCUT2D eigenvalue weighted by molar-refractivity contribution is 6.00. The number of rotatable bonds is 6. The van der Waals surface area contributed by atoms with Crippen LogP contribution in [0.5, 0.6) is 0 Å². The third-order valence-corrected chi connectivity index (χ3v) is 2.99. The van der Waals surface area contributed by atoms with Crippen LogP contribution in [-0.4, -0.2) is 29.3 Å². The van der Waals surface area contributed by atoms with Gasteiger partial charge in [0.15, 0.2) is 0 Å². The molecule has 0 heterocycles. The first-order chi connectivity index (χ1) is 9.38. The van der Waals surface area contributed by atoms with E-state index in [4.69, 9.17) is 5.73 Å². The van der Waals surface area contributed by atoms with Gasteiger partial charge < -0.3 is 10.6 Å². The van der Waals surface area contributed by atoms with Gasteiger partial charge >= 0.3 is 0 Å². The van der Waals surface area contributed by atoms with Crippen molar-refractivity contribution in [2.24, 2.45) is 0 Å². The van der Waals surface area contributed by atoms with Crippen molar-refractivity contribution >= 4 is 17.3 Å². The number of nitro benzene ring substituents is 1. The monoisotopic (exact) mass is 283 g/mol. The fourth-order valence-electron chi connectivity index (χ4n) is 1.84. The van der Waals surface area contributed by atoms with Crippen molar-refractivity contribution in [2.75, 3.05) is 19.3 Å². The molecule has 1 aromatic carbocycles. The number of carbonyl (C=O) groups is 1. The van der Waals surface area contributed by atoms with Crippen LogP contribution >= 0.6 is 0 Å². The minimum atomic E-state index is -0.851. The summed E-state index contributed by atoms with van der Waals surface area (Å²) in [5, 5.41) is 10.8. The lowest BCUT2D eigenvalue weighted by molar-refractivity contribution is -0.384. The predicted octanol–water partition coefficient (Wildman–Crippen LogP) is 2.58. The van der Waals surface area contributed by atoms with Crippen molar-refractivity contribution in [1.29, 1.82) is 0 Å². The van der Waals surface area contributed by atoms with E-state index >= 15 is 0 Å². The van der Waals surface area contributed by atoms with E-state index in [1.165, 1.54) is 4.90 Å². The fourth-order valence-corrected chi connectivity index (χ4v) is 1.84. The first-order valence-corrected chi connectivity index (χ1v) is 6.37. The molecule has 0 bridgehead atoms. The number of nitrogens with two attached hydrogens (primary N) is 1. The van der Waals surface area contributed by atoms with Crippen LogP contribution in [0.1, 0.15) is 36.5 Å². The normalized spacial score (nSPS) is 10.3. The molecule has 7 heteroatoms. The number of benzene rings is 1. The number of hydrogen-bond donors (Lipinski definition) is 1. The number of nitrogens with zero attached hydrogens (tertiary/aromatic N) is 2. The highest BCUT2D eigenvalue weighted by Crippen LogP contribution is 2.27. The molecule has 0 unspecified atom stereocenters. The fraction of sp³-hybridized carbons (Fsp3) is 0.462. The molecule has 0 spiro atoms. The third-order valence-electron chi connectivity index (χ3n) is 2.99. The largest absolute Gasteiger partial charge is 0.393 e. The number of halogens is 1. The zero-order valence-corrected chi connectivity index (χ0v) is 11.6. The van der Waals surface area contributed by atoms with E-state index in [1.807, 2.05) is 6.92 Å². The topological polar surface area (TPSA) is 89.5 Å². The highest BCUT2D eigenvalue weighted by Gasteiger charge is 2.23. The lowest BCUT2D eigenvalue weighted by Gasteiger charge is -2.18. The lowest BCUT2D eigenvalue weighted by atomic mass is 10.1. The van der Waals surface area contributed by atoms with Gasteiger partial charge in [0.25, 0.3) is 11.6 Å². The van der Waals surface area contributed by atoms with Crippen molar-refractivity contribution in [3.8, 4) is 0 Å². The average Bonchev–Trinajstić information content (AvgIpc) is 2.40. The second-order valence-electron chi connectivity index (χ2n) is 4.58. The molecule has 0 saturated carbocycles. The zero-order valence-electron chi connectivity index (χ0n) is 11.6. The summed E-state index contributed by atoms with van der Waals surface area (Å²) in [5.74, 6) is -1.36. The molecule has 2 N–H and O–H groups in total. The molecule has 20 heavy (non-hydrogen) atoms. The van der Waals surface area contributed by atoms with Crippen LogP contribution in [0.3, 0.4) is 0 Å². The smallest absolute Gasteiger partial charge is 0.295 e. The van der Waals surface area contributed by atoms with Crippen LogP contribution in [0, 0.1) is 15.9 Å². The summed E-state index contributed by atoms with van der Waals surface area (Å²) in [6.45, 7) is 2.53. The summed E-state index contributed by atoms with van der Waals surface area (Å²) < 4.78 is 13.4. The van der Waals surface area contributed by atoms with Crippen molar-refractivity contribution in [1.82, 2.24) is 4.90 Å². The Morgan fingerprint density at radius 1 is 1.45 bits per heavy atom. The highest BCUT2D eigenvalue weighted by atomic mass is 19.1. The van der Waals surface area contributed by atoms with Gasteiger partial charge in [0.05, 0.1) is 16.6 Å². The van der Waals surface area contributed by atoms with E-state index in [1.54, 1.807) is 7.05 Å². The Labute approximate surface area is 116 Å². The molecule has 110 valence electrons. The Hall–Kier alpha value is -2.18. The first-order valence-electron chi connectivity index (χ1n) is 6.37. The number of hydrogen-bond acceptors (Lipinski definition) is 4. The van der Waals surface area contributed by atoms with Gasteiger partial charge in [0, 0.05) is 13.6 Å². The quantitative estimate of drug-likeness (QED) is 0.376. The van der Waals surface area contributed by atoms with E-state index < -0.39 is 22.3 Å². The summed E-state index contributed by atoms with van der Waals surface area (Å²) in [4.78, 5) is 23.5. The van der Waals surface area contributed by atoms with E-state index in [2.05, 4.69) is 0 Å². The standard InChI is InChI=1S/C13H18FN3O3/c1-3-4-5-6-16(2)13(18)10-7-9(14)8-11(12(10)15)17(19)20/h7-8H,3-6,15H2,1-2H3. The molecule has 0 saturated heterocycles. The van der Waals surface area contributed by atoms with Gasteiger partial charge in [-0.15, -0.1) is 0 Å². The van der Waals surface area contributed by atoms with Crippen LogP contribution < -0.4 is 5.73 Å². The molecule has 6 nitrogen and oxygen atoms in total. The Morgan fingerprint density at radius 2 is 2.10 bits per heavy atom. The van der Waals surface area contributed by atoms with E-state index in [9.17, 15) is 19.3 Å². The maximum absolute atomic E-state index is 13.4. The number of nitrogen functional groups attached to an aromatic ring is 1. The van der Waals surface area contributed by atoms with E-state index in [0.29, 0.717) is 12.6 Å². The number of amides is 1. The molecule has 0 aliphatic heterocycles. The second kappa shape index (κ2) is 6.83. The second-order valence-corrected chi connectivity index (χ2v) is 4.58. The molecule has 1 rings (SSSR count). The summed E-state index contributed by atoms with van der Waals surface area (Å²) in [6.07, 6.45) is 2.79. The van der Waals surface area contributed by atoms with E-state index in [0.717, 1.165) is 25.3 Å². The number of unbranched alkanes of at least 4 members (excludes halogenated alkanes) is 2. The van der Waals surface area contributed by atoms with Crippen LogP contribution in [0.15, 0.2) is 12.1 Å². The van der Waals surface area contributed by atoms with Gasteiger partial charge in [-0.25, -0.2) is 4.39 Å². The van der Waals surface area contributed by atoms with Crippen LogP contribution in [0.4, 0.5) is 15.8 Å². The van der Waals surface area contributed by atoms with Crippen LogP contribution in [-0.2, 0) is 0 Å². The molecule has 1 aromatic rings. The van der Waals surface area contributed by atoms with Gasteiger partial charge in [-0.2, -0.15) is 0 Å². The van der Waals surface area contributed by atoms with Crippen molar-refractivity contribution in [2.45, 2.75) is 26.2 Å². The molecule has 0 aliphatic carbocycles. The summed E-state index contributed by atoms with van der Waals surface area (Å²) in [6, 6.07) is 1.64. The van der Waals surface area contributed by atoms with Gasteiger partial charge in [0.1, 0.15) is 11.5 Å². The Kier molecular flexibility index (Phi) is 5.42. The predicted molar refractivity (Wildman–Crippen MR) is 74.0 cm³/mol. The lowest BCUT2D eigenvalue weighted by Crippen LogP contribution is -2.28. The van der Waals surface area contributed by atoms with Gasteiger partial charge in [-0.3, -0.25) is 14.9 Å². The SMILES string of the molecule is CCCCCN(C)C(=O)c1cc(F)cc([N+](=O)[O-])c1N. The maximum Gasteiger partial charge on any atom is 0.295 e. The van der Waals surface area contributed by atoms with E-state index in [-0.39, 0.29) is 11.3 Å². The molecule has 1 amide bonds. The summed E-state index contributed by atoms with van der Waals surface area (Å²) >= 11 is 0. The third kappa shape index (κ3) is 3.66. The van der Waals surface area contributed by atoms with Gasteiger partial charge in [0.2, 0.25) is 0 Å². The Bertz CT molecular complexity index is 520. The van der Waals surface area contributed by atoms with Gasteiger partial charge in [-0.05, 0) is 12.5 Å². The first kappa shape index (κ1) is 15.9. The molecule has 0 aliphatic rings. The number of anilines is 1. The Balaban J connectivity index is 3.01. The van der Waals surface area contributed by atoms with Gasteiger partial charge in [-0.1, -0.05) is 19.8 Å². The zero-order chi connectivity index (χ0) is 15.3. The molecule has 0 aromatic heterocycles. The average molecular weight is 283 g/mol. The molecular weight excluding hydrogens is 265 g/mol. The van der Waals surface area contributed by atoms with Crippen LogP contribution in [0.2, 0.25) is 0 Å². The molecular formula is C13H18FN3O3. The van der Waals surface area contributed by atoms with Crippen molar-refractivity contribution in [3.05, 3.63) is 33.6 Å². The van der Waals surface area contributed by atoms with Crippen molar-refractivity contribution < 1.29 is 14.1 Å². The minimum absolute atomic E-state index is 0.171. The summed E-state index contributed by atoms with van der Waals surface area (Å²) in [5.41, 5.74) is 4.53. The minimum Gasteiger partial charge on any atom is -0.393 e. The number of carbonyl (C=O) groups excluding carboxylic acids is 1. The van der Waals surface area contributed by atoms with Crippen LogP contribution in [0.25, 0.3) is 0 Å². The molecule has 0 atom stereocenters. The number of nitro groups is 1. The maximum atomic E-state index is 13.4. The molecule has 0 fully saturated rings.